The molecule has 0 aliphatic carbocycles. The molecule has 0 aromatic rings. The molecule has 1 heterocycles. The minimum atomic E-state index is -0.783. The maximum atomic E-state index is 12.1. The summed E-state index contributed by atoms with van der Waals surface area (Å²) in [5, 5.41) is 9.03. The lowest BCUT2D eigenvalue weighted by atomic mass is 9.99. The van der Waals surface area contributed by atoms with E-state index < -0.39 is 11.9 Å². The third kappa shape index (κ3) is 3.45. The zero-order valence-electron chi connectivity index (χ0n) is 11.0. The molecule has 1 aliphatic rings. The molecular weight excluding hydrogens is 218 g/mol. The molecule has 1 rings (SSSR count). The summed E-state index contributed by atoms with van der Waals surface area (Å²) in [6.07, 6.45) is 3.04. The van der Waals surface area contributed by atoms with Gasteiger partial charge in [0, 0.05) is 19.0 Å². The first-order valence-corrected chi connectivity index (χ1v) is 6.49. The lowest BCUT2D eigenvalue weighted by molar-refractivity contribution is -0.142. The van der Waals surface area contributed by atoms with Crippen LogP contribution in [0.1, 0.15) is 40.0 Å². The van der Waals surface area contributed by atoms with E-state index in [4.69, 9.17) is 5.11 Å². The van der Waals surface area contributed by atoms with Crippen molar-refractivity contribution in [1.82, 2.24) is 4.90 Å². The van der Waals surface area contributed by atoms with Crippen LogP contribution in [0.25, 0.3) is 0 Å². The van der Waals surface area contributed by atoms with Gasteiger partial charge in [-0.15, -0.1) is 0 Å². The average Bonchev–Trinajstić information content (AvgIpc) is 2.67. The monoisotopic (exact) mass is 241 g/mol. The highest BCUT2D eigenvalue weighted by Crippen LogP contribution is 2.25. The van der Waals surface area contributed by atoms with E-state index in [0.717, 1.165) is 19.3 Å². The van der Waals surface area contributed by atoms with Gasteiger partial charge in [-0.05, 0) is 12.3 Å². The van der Waals surface area contributed by atoms with E-state index in [1.807, 2.05) is 13.8 Å². The average molecular weight is 241 g/mol. The Morgan fingerprint density at radius 3 is 2.53 bits per heavy atom. The van der Waals surface area contributed by atoms with Gasteiger partial charge in [-0.3, -0.25) is 9.59 Å². The summed E-state index contributed by atoms with van der Waals surface area (Å²) in [4.78, 5) is 24.8. The SMILES string of the molecule is CCCCC(C)C(=O)N1C[C@@H](C)[C@H](C(=O)O)C1. The van der Waals surface area contributed by atoms with Gasteiger partial charge in [0.1, 0.15) is 0 Å². The number of likely N-dealkylation sites (tertiary alicyclic amines) is 1. The van der Waals surface area contributed by atoms with Gasteiger partial charge in [0.25, 0.3) is 0 Å². The molecule has 1 fully saturated rings. The summed E-state index contributed by atoms with van der Waals surface area (Å²) in [5.74, 6) is -0.968. The van der Waals surface area contributed by atoms with Crippen LogP contribution in [0.4, 0.5) is 0 Å². The fraction of sp³-hybridized carbons (Fsp3) is 0.846. The zero-order chi connectivity index (χ0) is 13.0. The summed E-state index contributed by atoms with van der Waals surface area (Å²) in [5.41, 5.74) is 0. The van der Waals surface area contributed by atoms with E-state index in [1.165, 1.54) is 0 Å². The van der Waals surface area contributed by atoms with Crippen LogP contribution in [0.15, 0.2) is 0 Å². The Bertz CT molecular complexity index is 290. The number of amides is 1. The van der Waals surface area contributed by atoms with Gasteiger partial charge >= 0.3 is 5.97 Å². The second kappa shape index (κ2) is 6.03. The van der Waals surface area contributed by atoms with Gasteiger partial charge < -0.3 is 10.0 Å². The van der Waals surface area contributed by atoms with Crippen LogP contribution in [0, 0.1) is 17.8 Å². The maximum absolute atomic E-state index is 12.1. The van der Waals surface area contributed by atoms with Crippen molar-refractivity contribution in [3.8, 4) is 0 Å². The first-order valence-electron chi connectivity index (χ1n) is 6.49. The minimum Gasteiger partial charge on any atom is -0.481 e. The molecule has 0 bridgehead atoms. The summed E-state index contributed by atoms with van der Waals surface area (Å²) >= 11 is 0. The van der Waals surface area contributed by atoms with E-state index >= 15 is 0 Å². The maximum Gasteiger partial charge on any atom is 0.308 e. The van der Waals surface area contributed by atoms with Gasteiger partial charge in [-0.2, -0.15) is 0 Å². The van der Waals surface area contributed by atoms with E-state index in [2.05, 4.69) is 6.92 Å². The summed E-state index contributed by atoms with van der Waals surface area (Å²) in [6, 6.07) is 0. The predicted molar refractivity (Wildman–Crippen MR) is 65.6 cm³/mol. The van der Waals surface area contributed by atoms with Crippen LogP contribution in [-0.2, 0) is 9.59 Å². The largest absolute Gasteiger partial charge is 0.481 e. The Kier molecular flexibility index (Phi) is 4.97. The van der Waals surface area contributed by atoms with Crippen molar-refractivity contribution in [3.05, 3.63) is 0 Å². The van der Waals surface area contributed by atoms with Gasteiger partial charge in [0.2, 0.25) is 5.91 Å². The molecule has 1 amide bonds. The van der Waals surface area contributed by atoms with Gasteiger partial charge in [-0.25, -0.2) is 0 Å². The Balaban J connectivity index is 2.52. The van der Waals surface area contributed by atoms with E-state index in [0.29, 0.717) is 13.1 Å². The summed E-state index contributed by atoms with van der Waals surface area (Å²) in [7, 11) is 0. The molecule has 4 heteroatoms. The molecule has 0 radical (unpaired) electrons. The smallest absolute Gasteiger partial charge is 0.308 e. The molecule has 1 saturated heterocycles. The molecule has 3 atom stereocenters. The molecule has 0 aromatic heterocycles. The highest BCUT2D eigenvalue weighted by Gasteiger charge is 2.37. The van der Waals surface area contributed by atoms with Crippen LogP contribution in [0.5, 0.6) is 0 Å². The number of hydrogen-bond acceptors (Lipinski definition) is 2. The van der Waals surface area contributed by atoms with Gasteiger partial charge in [0.15, 0.2) is 0 Å². The minimum absolute atomic E-state index is 0.0229. The predicted octanol–water partition coefficient (Wildman–Crippen LogP) is 1.99. The third-order valence-electron chi connectivity index (χ3n) is 3.65. The van der Waals surface area contributed by atoms with Crippen LogP contribution in [0.3, 0.4) is 0 Å². The second-order valence-corrected chi connectivity index (χ2v) is 5.21. The quantitative estimate of drug-likeness (QED) is 0.800. The molecular formula is C13H23NO3. The Hall–Kier alpha value is -1.06. The Morgan fingerprint density at radius 1 is 1.41 bits per heavy atom. The van der Waals surface area contributed by atoms with Crippen molar-refractivity contribution in [2.24, 2.45) is 17.8 Å². The first-order chi connectivity index (χ1) is 7.97. The number of nitrogens with zero attached hydrogens (tertiary/aromatic N) is 1. The Labute approximate surface area is 103 Å². The summed E-state index contributed by atoms with van der Waals surface area (Å²) < 4.78 is 0. The number of carboxylic acids is 1. The number of rotatable bonds is 5. The van der Waals surface area contributed by atoms with E-state index in [9.17, 15) is 9.59 Å². The fourth-order valence-corrected chi connectivity index (χ4v) is 2.41. The van der Waals surface area contributed by atoms with Crippen molar-refractivity contribution >= 4 is 11.9 Å². The van der Waals surface area contributed by atoms with Crippen molar-refractivity contribution in [2.75, 3.05) is 13.1 Å². The van der Waals surface area contributed by atoms with Crippen LogP contribution >= 0.6 is 0 Å². The lowest BCUT2D eigenvalue weighted by Gasteiger charge is -2.20. The van der Waals surface area contributed by atoms with Crippen molar-refractivity contribution in [1.29, 1.82) is 0 Å². The highest BCUT2D eigenvalue weighted by molar-refractivity contribution is 5.80. The van der Waals surface area contributed by atoms with Crippen LogP contribution < -0.4 is 0 Å². The molecule has 0 saturated carbocycles. The molecule has 1 aliphatic heterocycles. The first kappa shape index (κ1) is 14.0. The molecule has 0 aromatic carbocycles. The number of aliphatic carboxylic acids is 1. The number of carbonyl (C=O) groups is 2. The fourth-order valence-electron chi connectivity index (χ4n) is 2.41. The normalized spacial score (nSPS) is 25.9. The van der Waals surface area contributed by atoms with E-state index in [1.54, 1.807) is 4.90 Å². The number of carboxylic acid groups (broad SMARTS) is 1. The molecule has 1 N–H and O–H groups in total. The third-order valence-corrected chi connectivity index (χ3v) is 3.65. The molecule has 0 spiro atoms. The van der Waals surface area contributed by atoms with Crippen molar-refractivity contribution in [2.45, 2.75) is 40.0 Å². The van der Waals surface area contributed by atoms with Crippen molar-refractivity contribution < 1.29 is 14.7 Å². The lowest BCUT2D eigenvalue weighted by Crippen LogP contribution is -2.34. The molecule has 1 unspecified atom stereocenters. The highest BCUT2D eigenvalue weighted by atomic mass is 16.4. The molecule has 17 heavy (non-hydrogen) atoms. The number of hydrogen-bond donors (Lipinski definition) is 1. The Morgan fingerprint density at radius 2 is 2.06 bits per heavy atom. The van der Waals surface area contributed by atoms with E-state index in [-0.39, 0.29) is 17.7 Å². The van der Waals surface area contributed by atoms with Crippen LogP contribution in [0.2, 0.25) is 0 Å². The van der Waals surface area contributed by atoms with Gasteiger partial charge in [-0.1, -0.05) is 33.6 Å². The second-order valence-electron chi connectivity index (χ2n) is 5.21. The summed E-state index contributed by atoms with van der Waals surface area (Å²) in [6.45, 7) is 6.92. The van der Waals surface area contributed by atoms with Crippen molar-refractivity contribution in [3.63, 3.8) is 0 Å². The number of carbonyl (C=O) groups excluding carboxylic acids is 1. The topological polar surface area (TPSA) is 57.6 Å². The van der Waals surface area contributed by atoms with Crippen LogP contribution in [-0.4, -0.2) is 35.0 Å². The van der Waals surface area contributed by atoms with Gasteiger partial charge in [0.05, 0.1) is 5.92 Å². The zero-order valence-corrected chi connectivity index (χ0v) is 11.0. The standard InChI is InChI=1S/C13H23NO3/c1-4-5-6-9(2)12(15)14-7-10(3)11(8-14)13(16)17/h9-11H,4-8H2,1-3H3,(H,16,17)/t9?,10-,11-/m1/s1. The molecule has 98 valence electrons. The molecule has 4 nitrogen and oxygen atoms in total. The number of unbranched alkanes of at least 4 members (excludes halogenated alkanes) is 1.